The summed E-state index contributed by atoms with van der Waals surface area (Å²) >= 11 is 0. The molecule has 0 saturated heterocycles. The molecule has 0 radical (unpaired) electrons. The molecule has 0 bridgehead atoms. The molecule has 0 fully saturated rings. The van der Waals surface area contributed by atoms with E-state index in [-0.39, 0.29) is 47.5 Å². The zero-order valence-electron chi connectivity index (χ0n) is 27.9. The molecule has 0 aliphatic rings. The second-order valence-corrected chi connectivity index (χ2v) is 12.0. The van der Waals surface area contributed by atoms with Crippen molar-refractivity contribution in [1.82, 2.24) is 28.2 Å². The molecule has 5 amide bonds. The molecule has 0 aliphatic heterocycles. The minimum Gasteiger partial charge on any atom is -0.477 e. The van der Waals surface area contributed by atoms with Crippen molar-refractivity contribution < 1.29 is 38.6 Å². The van der Waals surface area contributed by atoms with Crippen LogP contribution in [0.4, 0.5) is 33.6 Å². The average Bonchev–Trinajstić information content (AvgIpc) is 3.72. The van der Waals surface area contributed by atoms with Gasteiger partial charge in [0.05, 0.1) is 11.4 Å². The Kier molecular flexibility index (Phi) is 10.2. The Hall–Kier alpha value is -6.40. The molecule has 4 aromatic rings. The van der Waals surface area contributed by atoms with Crippen LogP contribution in [0.2, 0.25) is 0 Å². The molecule has 260 valence electrons. The topological polar surface area (TPSA) is 238 Å². The van der Waals surface area contributed by atoms with Crippen LogP contribution in [0, 0.1) is 0 Å². The number of nitrogens with one attached hydrogen (secondary N) is 5. The third-order valence-electron chi connectivity index (χ3n) is 6.65. The van der Waals surface area contributed by atoms with Crippen molar-refractivity contribution in [2.24, 2.45) is 28.2 Å². The van der Waals surface area contributed by atoms with Crippen LogP contribution in [0.15, 0.2) is 36.9 Å². The molecular weight excluding hydrogens is 642 g/mol. The van der Waals surface area contributed by atoms with E-state index in [0.717, 1.165) is 0 Å². The Bertz CT molecular complexity index is 1940. The minimum atomic E-state index is -1.15. The van der Waals surface area contributed by atoms with E-state index in [9.17, 15) is 33.9 Å². The summed E-state index contributed by atoms with van der Waals surface area (Å²) in [6.45, 7) is 5.16. The van der Waals surface area contributed by atoms with Gasteiger partial charge in [0.15, 0.2) is 11.6 Å². The van der Waals surface area contributed by atoms with E-state index in [1.54, 1.807) is 52.7 Å². The molecule has 4 aromatic heterocycles. The lowest BCUT2D eigenvalue weighted by Gasteiger charge is -2.18. The minimum absolute atomic E-state index is 0.0117. The van der Waals surface area contributed by atoms with E-state index in [1.165, 1.54) is 51.5 Å². The van der Waals surface area contributed by atoms with E-state index in [0.29, 0.717) is 11.5 Å². The standard InChI is InChI=1S/C30H37N11O8/c1-30(2,3)49-29(48)36-20-15-41(7)25(35-20)27(45)32-17-11-21(39(5)13-17)37-23(43)9-8-22(42)33-19-14-40(6)24(34-19)26(44)31-16-10-18(28(46)47)38(4)12-16/h10-15H,8-9H2,1-7H3,(H,31,44)(H,32,45)(H,33,42)(H,36,48)(H,37,43)(H,46,47). The number of hydrogen-bond donors (Lipinski definition) is 6. The average molecular weight is 680 g/mol. The third-order valence-corrected chi connectivity index (χ3v) is 6.65. The summed E-state index contributed by atoms with van der Waals surface area (Å²) in [4.78, 5) is 82.3. The molecule has 6 N–H and O–H groups in total. The molecule has 19 nitrogen and oxygen atoms in total. The van der Waals surface area contributed by atoms with E-state index < -0.39 is 41.3 Å². The lowest BCUT2D eigenvalue weighted by molar-refractivity contribution is -0.121. The van der Waals surface area contributed by atoms with Gasteiger partial charge in [0.1, 0.15) is 17.1 Å². The van der Waals surface area contributed by atoms with E-state index in [1.807, 2.05) is 0 Å². The summed E-state index contributed by atoms with van der Waals surface area (Å²) in [5.41, 5.74) is -0.110. The number of anilines is 5. The molecule has 0 atom stereocenters. The molecule has 0 aliphatic carbocycles. The van der Waals surface area contributed by atoms with Gasteiger partial charge in [-0.15, -0.1) is 0 Å². The van der Waals surface area contributed by atoms with Crippen LogP contribution in [0.1, 0.15) is 65.3 Å². The highest BCUT2D eigenvalue weighted by molar-refractivity contribution is 6.04. The van der Waals surface area contributed by atoms with Gasteiger partial charge in [-0.3, -0.25) is 24.5 Å². The van der Waals surface area contributed by atoms with E-state index in [2.05, 4.69) is 36.6 Å². The molecule has 0 saturated carbocycles. The van der Waals surface area contributed by atoms with Crippen molar-refractivity contribution in [3.63, 3.8) is 0 Å². The first kappa shape index (κ1) is 35.5. The summed E-state index contributed by atoms with van der Waals surface area (Å²) in [5.74, 6) is -2.80. The quantitative estimate of drug-likeness (QED) is 0.135. The van der Waals surface area contributed by atoms with Gasteiger partial charge in [0.2, 0.25) is 23.5 Å². The van der Waals surface area contributed by atoms with Gasteiger partial charge in [-0.25, -0.2) is 19.6 Å². The molecule has 49 heavy (non-hydrogen) atoms. The zero-order valence-corrected chi connectivity index (χ0v) is 27.9. The first-order chi connectivity index (χ1) is 22.9. The number of carboxylic acid groups (broad SMARTS) is 1. The normalized spacial score (nSPS) is 11.1. The maximum atomic E-state index is 12.9. The van der Waals surface area contributed by atoms with Crippen molar-refractivity contribution in [2.45, 2.75) is 39.2 Å². The molecule has 4 rings (SSSR count). The van der Waals surface area contributed by atoms with Crippen molar-refractivity contribution in [2.75, 3.05) is 26.6 Å². The van der Waals surface area contributed by atoms with Crippen LogP contribution in [-0.2, 0) is 42.5 Å². The van der Waals surface area contributed by atoms with Crippen LogP contribution in [0.25, 0.3) is 0 Å². The maximum absolute atomic E-state index is 12.9. The predicted octanol–water partition coefficient (Wildman–Crippen LogP) is 2.74. The molecule has 19 heteroatoms. The highest BCUT2D eigenvalue weighted by Crippen LogP contribution is 2.20. The molecule has 0 spiro atoms. The number of carbonyl (C=O) groups excluding carboxylic acids is 5. The number of carboxylic acids is 1. The highest BCUT2D eigenvalue weighted by Gasteiger charge is 2.21. The van der Waals surface area contributed by atoms with E-state index >= 15 is 0 Å². The van der Waals surface area contributed by atoms with Gasteiger partial charge in [-0.2, -0.15) is 0 Å². The van der Waals surface area contributed by atoms with E-state index in [4.69, 9.17) is 4.74 Å². The van der Waals surface area contributed by atoms with Gasteiger partial charge in [-0.05, 0) is 26.8 Å². The molecular formula is C30H37N11O8. The smallest absolute Gasteiger partial charge is 0.413 e. The lowest BCUT2D eigenvalue weighted by atomic mass is 10.2. The highest BCUT2D eigenvalue weighted by atomic mass is 16.6. The number of ether oxygens (including phenoxy) is 1. The SMILES string of the molecule is Cn1cc(NC(=O)c2nc(NC(=O)OC(C)(C)C)cn2C)cc1NC(=O)CCC(=O)Nc1cn(C)c(C(=O)Nc2cc(C(=O)O)n(C)c2)n1. The maximum Gasteiger partial charge on any atom is 0.413 e. The first-order valence-corrected chi connectivity index (χ1v) is 14.7. The number of aromatic nitrogens is 6. The number of imidazole rings is 2. The number of rotatable bonds is 11. The Morgan fingerprint density at radius 3 is 1.67 bits per heavy atom. The van der Waals surface area contributed by atoms with Crippen LogP contribution in [0.3, 0.4) is 0 Å². The Morgan fingerprint density at radius 2 is 1.16 bits per heavy atom. The molecule has 0 aromatic carbocycles. The number of aryl methyl sites for hydroxylation is 4. The fraction of sp³-hybridized carbons (Fsp3) is 0.333. The predicted molar refractivity (Wildman–Crippen MR) is 176 cm³/mol. The second kappa shape index (κ2) is 14.2. The summed E-state index contributed by atoms with van der Waals surface area (Å²) in [6.07, 6.45) is 4.80. The van der Waals surface area contributed by atoms with Gasteiger partial charge < -0.3 is 49.4 Å². The summed E-state index contributed by atoms with van der Waals surface area (Å²) < 4.78 is 10.9. The molecule has 0 unspecified atom stereocenters. The van der Waals surface area contributed by atoms with Gasteiger partial charge in [0, 0.05) is 71.9 Å². The summed E-state index contributed by atoms with van der Waals surface area (Å²) in [5, 5.41) is 22.2. The second-order valence-electron chi connectivity index (χ2n) is 12.0. The zero-order chi connectivity index (χ0) is 36.2. The lowest BCUT2D eigenvalue weighted by Crippen LogP contribution is -2.27. The van der Waals surface area contributed by atoms with Gasteiger partial charge >= 0.3 is 12.1 Å². The van der Waals surface area contributed by atoms with Crippen molar-refractivity contribution in [3.05, 3.63) is 54.3 Å². The summed E-state index contributed by atoms with van der Waals surface area (Å²) in [7, 11) is 6.32. The number of nitrogens with zero attached hydrogens (tertiary/aromatic N) is 6. The number of carbonyl (C=O) groups is 6. The largest absolute Gasteiger partial charge is 0.477 e. The fourth-order valence-corrected chi connectivity index (χ4v) is 4.50. The van der Waals surface area contributed by atoms with Crippen LogP contribution in [0.5, 0.6) is 0 Å². The summed E-state index contributed by atoms with van der Waals surface area (Å²) in [6, 6.07) is 2.83. The van der Waals surface area contributed by atoms with Gasteiger partial charge in [0.25, 0.3) is 11.8 Å². The Balaban J connectivity index is 1.26. The van der Waals surface area contributed by atoms with Crippen LogP contribution in [-0.4, -0.2) is 74.6 Å². The monoisotopic (exact) mass is 679 g/mol. The van der Waals surface area contributed by atoms with Crippen molar-refractivity contribution >= 4 is 64.5 Å². The van der Waals surface area contributed by atoms with Crippen molar-refractivity contribution in [3.8, 4) is 0 Å². The number of hydrogen-bond acceptors (Lipinski definition) is 9. The van der Waals surface area contributed by atoms with Crippen LogP contribution >= 0.6 is 0 Å². The Labute approximate surface area is 279 Å². The molecule has 4 heterocycles. The van der Waals surface area contributed by atoms with Gasteiger partial charge in [-0.1, -0.05) is 0 Å². The number of aromatic carboxylic acids is 1. The first-order valence-electron chi connectivity index (χ1n) is 14.7. The van der Waals surface area contributed by atoms with Crippen LogP contribution < -0.4 is 26.6 Å². The van der Waals surface area contributed by atoms with Crippen molar-refractivity contribution in [1.29, 1.82) is 0 Å². The Morgan fingerprint density at radius 1 is 0.673 bits per heavy atom. The number of amides is 5. The third kappa shape index (κ3) is 9.33. The fourth-order valence-electron chi connectivity index (χ4n) is 4.50.